The molecule has 0 fully saturated rings. The highest BCUT2D eigenvalue weighted by atomic mass is 79.9. The van der Waals surface area contributed by atoms with Crippen molar-refractivity contribution in [1.29, 1.82) is 5.26 Å². The van der Waals surface area contributed by atoms with Crippen LogP contribution in [0.4, 0.5) is 0 Å². The van der Waals surface area contributed by atoms with E-state index in [1.807, 2.05) is 0 Å². The zero-order valence-electron chi connectivity index (χ0n) is 9.54. The second-order valence-electron chi connectivity index (χ2n) is 3.40. The Labute approximate surface area is 118 Å². The molecule has 0 bridgehead atoms. The molecular weight excluding hydrogens is 342 g/mol. The lowest BCUT2D eigenvalue weighted by molar-refractivity contribution is -0.253. The fourth-order valence-corrected chi connectivity index (χ4v) is 3.10. The highest BCUT2D eigenvalue weighted by Gasteiger charge is 2.17. The number of aromatic hydroxyl groups is 1. The van der Waals surface area contributed by atoms with Gasteiger partial charge in [-0.25, -0.2) is 4.89 Å². The highest BCUT2D eigenvalue weighted by Crippen LogP contribution is 2.29. The summed E-state index contributed by atoms with van der Waals surface area (Å²) < 4.78 is 27.7. The predicted molar refractivity (Wildman–Crippen MR) is 68.4 cm³/mol. The number of nitriles is 1. The number of phenolic OH excluding ortho intramolecular Hbond substituents is 1. The Bertz CT molecular complexity index is 595. The number of phenols is 1. The SMILES string of the molecule is N#Cc1cc(COO)c(O)cc1OS(=O)(=O)CCBr. The van der Waals surface area contributed by atoms with Gasteiger partial charge in [-0.05, 0) is 6.07 Å². The molecule has 9 heteroatoms. The van der Waals surface area contributed by atoms with Gasteiger partial charge in [0.1, 0.15) is 18.4 Å². The first-order valence-corrected chi connectivity index (χ1v) is 7.64. The Morgan fingerprint density at radius 1 is 1.42 bits per heavy atom. The van der Waals surface area contributed by atoms with Crippen molar-refractivity contribution < 1.29 is 27.9 Å². The summed E-state index contributed by atoms with van der Waals surface area (Å²) in [5, 5.41) is 27.0. The fourth-order valence-electron chi connectivity index (χ4n) is 1.23. The van der Waals surface area contributed by atoms with Crippen molar-refractivity contribution in [3.8, 4) is 17.6 Å². The van der Waals surface area contributed by atoms with E-state index in [0.717, 1.165) is 6.07 Å². The Balaban J connectivity index is 3.16. The lowest BCUT2D eigenvalue weighted by Crippen LogP contribution is -2.15. The van der Waals surface area contributed by atoms with E-state index in [1.54, 1.807) is 6.07 Å². The maximum Gasteiger partial charge on any atom is 0.310 e. The number of halogens is 1. The fraction of sp³-hybridized carbons (Fsp3) is 0.300. The van der Waals surface area contributed by atoms with Gasteiger partial charge < -0.3 is 9.29 Å². The maximum atomic E-state index is 11.5. The van der Waals surface area contributed by atoms with Crippen molar-refractivity contribution in [3.05, 3.63) is 23.3 Å². The van der Waals surface area contributed by atoms with Gasteiger partial charge in [0.2, 0.25) is 0 Å². The van der Waals surface area contributed by atoms with Gasteiger partial charge in [-0.3, -0.25) is 5.26 Å². The van der Waals surface area contributed by atoms with Crippen LogP contribution in [0.2, 0.25) is 0 Å². The number of nitrogens with zero attached hydrogens (tertiary/aromatic N) is 1. The normalized spacial score (nSPS) is 11.0. The molecule has 0 aliphatic heterocycles. The molecule has 1 aromatic carbocycles. The van der Waals surface area contributed by atoms with Crippen LogP contribution in [0, 0.1) is 11.3 Å². The molecule has 0 atom stereocenters. The lowest BCUT2D eigenvalue weighted by Gasteiger charge is -2.10. The number of hydrogen-bond acceptors (Lipinski definition) is 7. The zero-order valence-corrected chi connectivity index (χ0v) is 11.9. The van der Waals surface area contributed by atoms with E-state index in [2.05, 4.69) is 20.8 Å². The third kappa shape index (κ3) is 4.36. The van der Waals surface area contributed by atoms with Gasteiger partial charge in [-0.15, -0.1) is 0 Å². The minimum atomic E-state index is -3.85. The van der Waals surface area contributed by atoms with Crippen LogP contribution in [-0.4, -0.2) is 29.9 Å². The molecule has 0 spiro atoms. The van der Waals surface area contributed by atoms with Crippen molar-refractivity contribution in [2.75, 3.05) is 11.1 Å². The highest BCUT2D eigenvalue weighted by molar-refractivity contribution is 9.09. The average Bonchev–Trinajstić information content (AvgIpc) is 2.32. The molecule has 0 radical (unpaired) electrons. The molecule has 0 saturated carbocycles. The molecule has 0 saturated heterocycles. The average molecular weight is 352 g/mol. The summed E-state index contributed by atoms with van der Waals surface area (Å²) in [7, 11) is -3.85. The Kier molecular flexibility index (Phi) is 5.56. The van der Waals surface area contributed by atoms with Crippen molar-refractivity contribution in [3.63, 3.8) is 0 Å². The molecule has 0 heterocycles. The first kappa shape index (κ1) is 15.7. The van der Waals surface area contributed by atoms with E-state index in [0.29, 0.717) is 0 Å². The van der Waals surface area contributed by atoms with Gasteiger partial charge in [-0.2, -0.15) is 13.7 Å². The minimum absolute atomic E-state index is 0.0944. The van der Waals surface area contributed by atoms with E-state index in [-0.39, 0.29) is 40.3 Å². The number of alkyl halides is 1. The van der Waals surface area contributed by atoms with Crippen molar-refractivity contribution >= 4 is 26.0 Å². The second kappa shape index (κ2) is 6.72. The molecule has 0 aliphatic rings. The first-order valence-electron chi connectivity index (χ1n) is 4.94. The third-order valence-electron chi connectivity index (χ3n) is 2.07. The molecule has 0 amide bonds. The van der Waals surface area contributed by atoms with Crippen LogP contribution in [0.25, 0.3) is 0 Å². The van der Waals surface area contributed by atoms with E-state index in [4.69, 9.17) is 14.7 Å². The monoisotopic (exact) mass is 351 g/mol. The summed E-state index contributed by atoms with van der Waals surface area (Å²) in [6.07, 6.45) is 0. The van der Waals surface area contributed by atoms with Crippen molar-refractivity contribution in [1.82, 2.24) is 0 Å². The topological polar surface area (TPSA) is 117 Å². The van der Waals surface area contributed by atoms with Crippen LogP contribution < -0.4 is 4.18 Å². The van der Waals surface area contributed by atoms with Gasteiger partial charge in [0.25, 0.3) is 0 Å². The Morgan fingerprint density at radius 2 is 2.11 bits per heavy atom. The smallest absolute Gasteiger partial charge is 0.310 e. The summed E-state index contributed by atoms with van der Waals surface area (Å²) in [5.74, 6) is -0.903. The molecule has 1 aromatic rings. The predicted octanol–water partition coefficient (Wildman–Crippen LogP) is 1.36. The lowest BCUT2D eigenvalue weighted by atomic mass is 10.1. The quantitative estimate of drug-likeness (QED) is 0.344. The van der Waals surface area contributed by atoms with E-state index >= 15 is 0 Å². The van der Waals surface area contributed by atoms with Crippen LogP contribution in [0.5, 0.6) is 11.5 Å². The van der Waals surface area contributed by atoms with Crippen LogP contribution in [0.3, 0.4) is 0 Å². The van der Waals surface area contributed by atoms with Gasteiger partial charge >= 0.3 is 10.1 Å². The molecular formula is C10H10BrNO6S. The number of hydrogen-bond donors (Lipinski definition) is 2. The van der Waals surface area contributed by atoms with Crippen LogP contribution in [-0.2, 0) is 21.6 Å². The molecule has 0 aromatic heterocycles. The van der Waals surface area contributed by atoms with Crippen LogP contribution in [0.15, 0.2) is 12.1 Å². The third-order valence-corrected chi connectivity index (χ3v) is 4.12. The molecule has 1 rings (SSSR count). The van der Waals surface area contributed by atoms with E-state index in [9.17, 15) is 13.5 Å². The Morgan fingerprint density at radius 3 is 2.63 bits per heavy atom. The summed E-state index contributed by atoms with van der Waals surface area (Å²) in [6.45, 7) is -0.338. The van der Waals surface area contributed by atoms with Crippen LogP contribution in [0.1, 0.15) is 11.1 Å². The summed E-state index contributed by atoms with van der Waals surface area (Å²) in [4.78, 5) is 3.85. The van der Waals surface area contributed by atoms with Crippen LogP contribution >= 0.6 is 15.9 Å². The minimum Gasteiger partial charge on any atom is -0.507 e. The molecule has 104 valence electrons. The molecule has 19 heavy (non-hydrogen) atoms. The van der Waals surface area contributed by atoms with Crippen molar-refractivity contribution in [2.45, 2.75) is 6.61 Å². The molecule has 7 nitrogen and oxygen atoms in total. The second-order valence-corrected chi connectivity index (χ2v) is 5.88. The molecule has 0 aliphatic carbocycles. The number of benzene rings is 1. The van der Waals surface area contributed by atoms with Gasteiger partial charge in [-0.1, -0.05) is 15.9 Å². The zero-order chi connectivity index (χ0) is 14.5. The summed E-state index contributed by atoms with van der Waals surface area (Å²) in [6, 6.07) is 3.89. The maximum absolute atomic E-state index is 11.5. The van der Waals surface area contributed by atoms with Gasteiger partial charge in [0, 0.05) is 17.0 Å². The van der Waals surface area contributed by atoms with E-state index < -0.39 is 10.1 Å². The summed E-state index contributed by atoms with van der Waals surface area (Å²) >= 11 is 2.96. The van der Waals surface area contributed by atoms with Gasteiger partial charge in [0.05, 0.1) is 11.3 Å². The van der Waals surface area contributed by atoms with E-state index in [1.165, 1.54) is 6.07 Å². The molecule has 0 unspecified atom stereocenters. The first-order chi connectivity index (χ1) is 8.93. The van der Waals surface area contributed by atoms with Gasteiger partial charge in [0.15, 0.2) is 5.75 Å². The largest absolute Gasteiger partial charge is 0.507 e. The Hall–Kier alpha value is -1.34. The standard InChI is InChI=1S/C10H10BrNO6S/c11-1-2-19(15,16)18-10-4-9(13)8(6-17-14)3-7(10)5-12/h3-4,13-14H,1-2,6H2. The number of rotatable bonds is 6. The molecule has 2 N–H and O–H groups in total. The summed E-state index contributed by atoms with van der Waals surface area (Å²) in [5.41, 5.74) is 0.0345. The van der Waals surface area contributed by atoms with Crippen molar-refractivity contribution in [2.24, 2.45) is 0 Å².